The van der Waals surface area contributed by atoms with E-state index < -0.39 is 0 Å². The Hall–Kier alpha value is -0.870. The Morgan fingerprint density at radius 2 is 2.17 bits per heavy atom. The van der Waals surface area contributed by atoms with Crippen molar-refractivity contribution in [3.8, 4) is 0 Å². The summed E-state index contributed by atoms with van der Waals surface area (Å²) in [5.74, 6) is 0.278. The van der Waals surface area contributed by atoms with Crippen LogP contribution in [0, 0.1) is 0 Å². The van der Waals surface area contributed by atoms with Gasteiger partial charge in [-0.2, -0.15) is 0 Å². The van der Waals surface area contributed by atoms with Crippen molar-refractivity contribution >= 4 is 17.2 Å². The highest BCUT2D eigenvalue weighted by molar-refractivity contribution is 7.10. The van der Waals surface area contributed by atoms with Gasteiger partial charge in [0.2, 0.25) is 5.91 Å². The van der Waals surface area contributed by atoms with E-state index >= 15 is 0 Å². The third kappa shape index (κ3) is 3.33. The van der Waals surface area contributed by atoms with Crippen molar-refractivity contribution in [1.29, 1.82) is 0 Å². The number of hydrogen-bond donors (Lipinski definition) is 0. The molecular formula is C14H22N2OS. The molecule has 1 aromatic heterocycles. The van der Waals surface area contributed by atoms with E-state index in [1.165, 1.54) is 11.3 Å². The Morgan fingerprint density at radius 3 is 2.78 bits per heavy atom. The van der Waals surface area contributed by atoms with Crippen LogP contribution < -0.4 is 0 Å². The van der Waals surface area contributed by atoms with Gasteiger partial charge in [0.05, 0.1) is 6.54 Å². The molecule has 1 aliphatic rings. The lowest BCUT2D eigenvalue weighted by atomic mass is 10.1. The predicted molar refractivity (Wildman–Crippen MR) is 75.8 cm³/mol. The molecule has 0 spiro atoms. The lowest BCUT2D eigenvalue weighted by Crippen LogP contribution is -2.42. The first kappa shape index (κ1) is 13.6. The van der Waals surface area contributed by atoms with E-state index in [0.29, 0.717) is 12.6 Å². The number of hydrogen-bond acceptors (Lipinski definition) is 3. The van der Waals surface area contributed by atoms with E-state index in [0.717, 1.165) is 25.9 Å². The second-order valence-corrected chi connectivity index (χ2v) is 6.03. The number of amides is 1. The summed E-state index contributed by atoms with van der Waals surface area (Å²) >= 11 is 1.76. The molecule has 3 nitrogen and oxygen atoms in total. The maximum atomic E-state index is 12.2. The lowest BCUT2D eigenvalue weighted by Gasteiger charge is -2.30. The number of carbonyl (C=O) groups is 1. The van der Waals surface area contributed by atoms with Crippen LogP contribution in [0.3, 0.4) is 0 Å². The van der Waals surface area contributed by atoms with Crippen molar-refractivity contribution < 1.29 is 4.79 Å². The van der Waals surface area contributed by atoms with Crippen molar-refractivity contribution in [3.63, 3.8) is 0 Å². The molecule has 1 amide bonds. The number of piperidine rings is 1. The van der Waals surface area contributed by atoms with E-state index in [2.05, 4.69) is 29.3 Å². The van der Waals surface area contributed by atoms with Crippen molar-refractivity contribution in [3.05, 3.63) is 22.4 Å². The molecule has 1 aromatic rings. The topological polar surface area (TPSA) is 23.6 Å². The Labute approximate surface area is 113 Å². The molecule has 4 heteroatoms. The van der Waals surface area contributed by atoms with Crippen LogP contribution in [0.1, 0.15) is 37.1 Å². The number of rotatable bonds is 4. The molecule has 1 saturated heterocycles. The maximum Gasteiger partial charge on any atom is 0.236 e. The smallest absolute Gasteiger partial charge is 0.236 e. The monoisotopic (exact) mass is 266 g/mol. The number of likely N-dealkylation sites (N-methyl/N-ethyl adjacent to an activating group) is 1. The van der Waals surface area contributed by atoms with Crippen molar-refractivity contribution in [1.82, 2.24) is 9.80 Å². The van der Waals surface area contributed by atoms with E-state index in [1.54, 1.807) is 11.3 Å². The second kappa shape index (κ2) is 6.34. The fourth-order valence-electron chi connectivity index (χ4n) is 2.34. The highest BCUT2D eigenvalue weighted by Crippen LogP contribution is 2.23. The number of carbonyl (C=O) groups excluding carboxylic acids is 1. The summed E-state index contributed by atoms with van der Waals surface area (Å²) in [5.41, 5.74) is 0. The normalized spacial score (nSPS) is 18.1. The number of likely N-dealkylation sites (tertiary alicyclic amines) is 1. The van der Waals surface area contributed by atoms with Crippen LogP contribution in [0.2, 0.25) is 0 Å². The molecule has 0 saturated carbocycles. The van der Waals surface area contributed by atoms with Gasteiger partial charge in [-0.15, -0.1) is 11.3 Å². The number of nitrogens with zero attached hydrogens (tertiary/aromatic N) is 2. The third-order valence-electron chi connectivity index (χ3n) is 3.71. The maximum absolute atomic E-state index is 12.2. The van der Waals surface area contributed by atoms with Gasteiger partial charge < -0.3 is 4.90 Å². The third-order valence-corrected chi connectivity index (χ3v) is 4.75. The molecule has 0 N–H and O–H groups in total. The van der Waals surface area contributed by atoms with Crippen LogP contribution in [0.15, 0.2) is 17.5 Å². The predicted octanol–water partition coefficient (Wildman–Crippen LogP) is 2.75. The SMILES string of the molecule is CC(c1cccs1)N(C)CC(=O)N1CCCCC1. The molecule has 1 unspecified atom stereocenters. The first-order chi connectivity index (χ1) is 8.68. The summed E-state index contributed by atoms with van der Waals surface area (Å²) < 4.78 is 0. The molecule has 1 fully saturated rings. The molecule has 1 atom stereocenters. The summed E-state index contributed by atoms with van der Waals surface area (Å²) in [6.07, 6.45) is 3.59. The zero-order valence-corrected chi connectivity index (χ0v) is 12.1. The average Bonchev–Trinajstić information content (AvgIpc) is 2.92. The van der Waals surface area contributed by atoms with Gasteiger partial charge in [-0.3, -0.25) is 9.69 Å². The van der Waals surface area contributed by atoms with Crippen molar-refractivity contribution in [2.24, 2.45) is 0 Å². The van der Waals surface area contributed by atoms with Crippen LogP contribution in [-0.4, -0.2) is 42.4 Å². The van der Waals surface area contributed by atoms with Crippen molar-refractivity contribution in [2.75, 3.05) is 26.7 Å². The largest absolute Gasteiger partial charge is 0.342 e. The second-order valence-electron chi connectivity index (χ2n) is 5.05. The molecule has 0 aromatic carbocycles. The summed E-state index contributed by atoms with van der Waals surface area (Å²) in [7, 11) is 2.03. The molecule has 18 heavy (non-hydrogen) atoms. The van der Waals surface area contributed by atoms with Crippen molar-refractivity contribution in [2.45, 2.75) is 32.2 Å². The van der Waals surface area contributed by atoms with E-state index in [9.17, 15) is 4.79 Å². The Bertz CT molecular complexity index is 371. The van der Waals surface area contributed by atoms with Gasteiger partial charge in [0.15, 0.2) is 0 Å². The molecule has 1 aliphatic heterocycles. The zero-order valence-electron chi connectivity index (χ0n) is 11.3. The van der Waals surface area contributed by atoms with E-state index in [1.807, 2.05) is 11.9 Å². The summed E-state index contributed by atoms with van der Waals surface area (Å²) in [5, 5.41) is 2.09. The quantitative estimate of drug-likeness (QED) is 0.836. The van der Waals surface area contributed by atoms with Crippen LogP contribution in [-0.2, 0) is 4.79 Å². The first-order valence-electron chi connectivity index (χ1n) is 6.70. The minimum Gasteiger partial charge on any atom is -0.342 e. The molecule has 0 radical (unpaired) electrons. The van der Waals surface area contributed by atoms with Crippen LogP contribution >= 0.6 is 11.3 Å². The molecule has 2 rings (SSSR count). The molecular weight excluding hydrogens is 244 g/mol. The van der Waals surface area contributed by atoms with Gasteiger partial charge in [-0.1, -0.05) is 6.07 Å². The highest BCUT2D eigenvalue weighted by Gasteiger charge is 2.20. The Morgan fingerprint density at radius 1 is 1.44 bits per heavy atom. The van der Waals surface area contributed by atoms with E-state index in [-0.39, 0.29) is 5.91 Å². The van der Waals surface area contributed by atoms with Gasteiger partial charge in [0.1, 0.15) is 0 Å². The van der Waals surface area contributed by atoms with Crippen LogP contribution in [0.5, 0.6) is 0 Å². The Kier molecular flexibility index (Phi) is 4.78. The fourth-order valence-corrected chi connectivity index (χ4v) is 3.19. The van der Waals surface area contributed by atoms with Crippen LogP contribution in [0.25, 0.3) is 0 Å². The number of thiophene rings is 1. The van der Waals surface area contributed by atoms with Gasteiger partial charge in [-0.25, -0.2) is 0 Å². The van der Waals surface area contributed by atoms with Gasteiger partial charge in [0, 0.05) is 24.0 Å². The minimum atomic E-state index is 0.278. The molecule has 0 aliphatic carbocycles. The summed E-state index contributed by atoms with van der Waals surface area (Å²) in [6, 6.07) is 4.52. The zero-order chi connectivity index (χ0) is 13.0. The fraction of sp³-hybridized carbons (Fsp3) is 0.643. The Balaban J connectivity index is 1.86. The van der Waals surface area contributed by atoms with E-state index in [4.69, 9.17) is 0 Å². The minimum absolute atomic E-state index is 0.278. The highest BCUT2D eigenvalue weighted by atomic mass is 32.1. The standard InChI is InChI=1S/C14H22N2OS/c1-12(13-7-6-10-18-13)15(2)11-14(17)16-8-4-3-5-9-16/h6-7,10,12H,3-5,8-9,11H2,1-2H3. The summed E-state index contributed by atoms with van der Waals surface area (Å²) in [6.45, 7) is 4.58. The van der Waals surface area contributed by atoms with Gasteiger partial charge >= 0.3 is 0 Å². The molecule has 0 bridgehead atoms. The van der Waals surface area contributed by atoms with Gasteiger partial charge in [0.25, 0.3) is 0 Å². The van der Waals surface area contributed by atoms with Gasteiger partial charge in [-0.05, 0) is 44.7 Å². The first-order valence-corrected chi connectivity index (χ1v) is 7.58. The van der Waals surface area contributed by atoms with Crippen LogP contribution in [0.4, 0.5) is 0 Å². The molecule has 100 valence electrons. The lowest BCUT2D eigenvalue weighted by molar-refractivity contribution is -0.133. The average molecular weight is 266 g/mol. The summed E-state index contributed by atoms with van der Waals surface area (Å²) in [4.78, 5) is 17.6. The molecule has 2 heterocycles.